The number of carbonyl (C=O) groups excluding carboxylic acids is 2. The zero-order valence-electron chi connectivity index (χ0n) is 13.9. The van der Waals surface area contributed by atoms with Crippen molar-refractivity contribution in [2.45, 2.75) is 32.0 Å². The van der Waals surface area contributed by atoms with Gasteiger partial charge in [0.2, 0.25) is 5.91 Å². The summed E-state index contributed by atoms with van der Waals surface area (Å²) in [5, 5.41) is 2.93. The molecule has 0 radical (unpaired) electrons. The maximum absolute atomic E-state index is 12.3. The van der Waals surface area contributed by atoms with Crippen LogP contribution in [0.3, 0.4) is 0 Å². The zero-order chi connectivity index (χ0) is 18.4. The third-order valence-corrected chi connectivity index (χ3v) is 4.14. The van der Waals surface area contributed by atoms with Crippen molar-refractivity contribution in [2.24, 2.45) is 5.92 Å². The molecule has 1 N–H and O–H groups in total. The van der Waals surface area contributed by atoms with Crippen LogP contribution in [0.1, 0.15) is 31.4 Å². The Morgan fingerprint density at radius 3 is 2.40 bits per heavy atom. The number of amides is 2. The first-order valence-electron chi connectivity index (χ1n) is 8.10. The second-order valence-electron chi connectivity index (χ2n) is 6.07. The summed E-state index contributed by atoms with van der Waals surface area (Å²) in [6.07, 6.45) is -4.74. The average molecular weight is 358 g/mol. The van der Waals surface area contributed by atoms with Crippen LogP contribution >= 0.6 is 0 Å². The molecule has 0 bridgehead atoms. The van der Waals surface area contributed by atoms with Gasteiger partial charge in [-0.1, -0.05) is 30.3 Å². The lowest BCUT2D eigenvalue weighted by Gasteiger charge is -2.31. The van der Waals surface area contributed by atoms with Crippen LogP contribution in [-0.2, 0) is 9.53 Å². The summed E-state index contributed by atoms with van der Waals surface area (Å²) in [6.45, 7) is 0.695. The molecule has 1 aromatic carbocycles. The van der Waals surface area contributed by atoms with E-state index in [1.807, 2.05) is 37.3 Å². The monoisotopic (exact) mass is 358 g/mol. The van der Waals surface area contributed by atoms with Crippen molar-refractivity contribution < 1.29 is 27.5 Å². The number of hydrogen-bond acceptors (Lipinski definition) is 3. The molecule has 8 heteroatoms. The Bertz CT molecular complexity index is 585. The zero-order valence-corrected chi connectivity index (χ0v) is 13.9. The van der Waals surface area contributed by atoms with Gasteiger partial charge in [-0.3, -0.25) is 4.79 Å². The first kappa shape index (κ1) is 19.1. The molecule has 0 saturated carbocycles. The molecule has 138 valence electrons. The van der Waals surface area contributed by atoms with Gasteiger partial charge in [0.15, 0.2) is 6.61 Å². The number of alkyl halides is 3. The van der Waals surface area contributed by atoms with E-state index in [1.54, 1.807) is 0 Å². The summed E-state index contributed by atoms with van der Waals surface area (Å²) in [5.74, 6) is -0.377. The predicted octanol–water partition coefficient (Wildman–Crippen LogP) is 3.27. The van der Waals surface area contributed by atoms with Crippen molar-refractivity contribution in [2.75, 3.05) is 19.7 Å². The number of likely N-dealkylation sites (tertiary alicyclic amines) is 1. The van der Waals surface area contributed by atoms with Gasteiger partial charge in [-0.05, 0) is 25.3 Å². The van der Waals surface area contributed by atoms with E-state index in [1.165, 1.54) is 4.90 Å². The van der Waals surface area contributed by atoms with E-state index in [0.717, 1.165) is 5.56 Å². The summed E-state index contributed by atoms with van der Waals surface area (Å²) >= 11 is 0. The van der Waals surface area contributed by atoms with Crippen LogP contribution in [0.4, 0.5) is 18.0 Å². The maximum atomic E-state index is 12.3. The first-order chi connectivity index (χ1) is 11.8. The fraction of sp³-hybridized carbons (Fsp3) is 0.529. The Balaban J connectivity index is 1.77. The molecule has 1 fully saturated rings. The van der Waals surface area contributed by atoms with Crippen molar-refractivity contribution in [3.8, 4) is 0 Å². The fourth-order valence-corrected chi connectivity index (χ4v) is 2.72. The number of ether oxygens (including phenoxy) is 1. The Morgan fingerprint density at radius 1 is 1.24 bits per heavy atom. The van der Waals surface area contributed by atoms with Crippen LogP contribution in [0, 0.1) is 5.92 Å². The van der Waals surface area contributed by atoms with Crippen LogP contribution < -0.4 is 5.32 Å². The largest absolute Gasteiger partial charge is 0.440 e. The molecule has 1 saturated heterocycles. The molecule has 0 aromatic heterocycles. The van der Waals surface area contributed by atoms with Crippen LogP contribution in [0.15, 0.2) is 30.3 Å². The van der Waals surface area contributed by atoms with E-state index in [0.29, 0.717) is 12.8 Å². The molecular formula is C17H21F3N2O3. The van der Waals surface area contributed by atoms with Crippen LogP contribution in [0.2, 0.25) is 0 Å². The van der Waals surface area contributed by atoms with Gasteiger partial charge in [-0.25, -0.2) is 4.79 Å². The minimum absolute atomic E-state index is 0.111. The van der Waals surface area contributed by atoms with E-state index < -0.39 is 18.9 Å². The van der Waals surface area contributed by atoms with Crippen molar-refractivity contribution in [3.05, 3.63) is 35.9 Å². The van der Waals surface area contributed by atoms with Gasteiger partial charge in [0, 0.05) is 19.0 Å². The van der Waals surface area contributed by atoms with E-state index in [2.05, 4.69) is 10.1 Å². The fourth-order valence-electron chi connectivity index (χ4n) is 2.72. The summed E-state index contributed by atoms with van der Waals surface area (Å²) in [7, 11) is 0. The number of halogens is 3. The quantitative estimate of drug-likeness (QED) is 0.899. The van der Waals surface area contributed by atoms with E-state index in [4.69, 9.17) is 0 Å². The van der Waals surface area contributed by atoms with Gasteiger partial charge >= 0.3 is 12.3 Å². The number of hydrogen-bond donors (Lipinski definition) is 1. The number of carbonyl (C=O) groups is 2. The van der Waals surface area contributed by atoms with E-state index >= 15 is 0 Å². The molecular weight excluding hydrogens is 337 g/mol. The number of piperidine rings is 1. The smallest absolute Gasteiger partial charge is 0.422 e. The summed E-state index contributed by atoms with van der Waals surface area (Å²) < 4.78 is 40.4. The Labute approximate surface area is 144 Å². The topological polar surface area (TPSA) is 58.6 Å². The van der Waals surface area contributed by atoms with Gasteiger partial charge in [0.05, 0.1) is 6.04 Å². The Hall–Kier alpha value is -2.25. The van der Waals surface area contributed by atoms with Crippen molar-refractivity contribution in [1.82, 2.24) is 10.2 Å². The second-order valence-corrected chi connectivity index (χ2v) is 6.07. The molecule has 0 spiro atoms. The third-order valence-electron chi connectivity index (χ3n) is 4.14. The number of rotatable bonds is 4. The average Bonchev–Trinajstić information content (AvgIpc) is 2.60. The summed E-state index contributed by atoms with van der Waals surface area (Å²) in [5.41, 5.74) is 0.990. The van der Waals surface area contributed by atoms with Crippen molar-refractivity contribution >= 4 is 12.0 Å². The minimum Gasteiger partial charge on any atom is -0.440 e. The van der Waals surface area contributed by atoms with Gasteiger partial charge in [-0.15, -0.1) is 0 Å². The molecule has 2 amide bonds. The third kappa shape index (κ3) is 5.95. The van der Waals surface area contributed by atoms with Crippen molar-refractivity contribution in [3.63, 3.8) is 0 Å². The molecule has 5 nitrogen and oxygen atoms in total. The maximum Gasteiger partial charge on any atom is 0.422 e. The second kappa shape index (κ2) is 8.22. The SMILES string of the molecule is C[C@@H](NC(=O)C1CCN(C(=O)OCC(F)(F)F)CC1)c1ccccc1. The Morgan fingerprint density at radius 2 is 1.84 bits per heavy atom. The van der Waals surface area contributed by atoms with E-state index in [-0.39, 0.29) is 31.0 Å². The highest BCUT2D eigenvalue weighted by molar-refractivity contribution is 5.79. The summed E-state index contributed by atoms with van der Waals surface area (Å²) in [4.78, 5) is 25.1. The number of benzene rings is 1. The lowest BCUT2D eigenvalue weighted by Crippen LogP contribution is -2.44. The highest BCUT2D eigenvalue weighted by atomic mass is 19.4. The van der Waals surface area contributed by atoms with Gasteiger partial charge in [-0.2, -0.15) is 13.2 Å². The highest BCUT2D eigenvalue weighted by Crippen LogP contribution is 2.21. The number of nitrogens with one attached hydrogen (secondary N) is 1. The molecule has 2 rings (SSSR count). The van der Waals surface area contributed by atoms with Gasteiger partial charge < -0.3 is 15.0 Å². The molecule has 0 unspecified atom stereocenters. The Kier molecular flexibility index (Phi) is 6.27. The number of nitrogens with zero attached hydrogens (tertiary/aromatic N) is 1. The first-order valence-corrected chi connectivity index (χ1v) is 8.10. The van der Waals surface area contributed by atoms with Gasteiger partial charge in [0.25, 0.3) is 0 Å². The van der Waals surface area contributed by atoms with Crippen LogP contribution in [-0.4, -0.2) is 42.8 Å². The molecule has 1 aliphatic heterocycles. The molecule has 25 heavy (non-hydrogen) atoms. The normalized spacial score (nSPS) is 17.0. The minimum atomic E-state index is -4.54. The summed E-state index contributed by atoms with van der Waals surface area (Å²) in [6, 6.07) is 9.38. The molecule has 1 atom stereocenters. The highest BCUT2D eigenvalue weighted by Gasteiger charge is 2.33. The lowest BCUT2D eigenvalue weighted by molar-refractivity contribution is -0.162. The standard InChI is InChI=1S/C17H21F3N2O3/c1-12(13-5-3-2-4-6-13)21-15(23)14-7-9-22(10-8-14)16(24)25-11-17(18,19)20/h2-6,12,14H,7-11H2,1H3,(H,21,23)/t12-/m1/s1. The predicted molar refractivity (Wildman–Crippen MR) is 84.7 cm³/mol. The van der Waals surface area contributed by atoms with Crippen LogP contribution in [0.25, 0.3) is 0 Å². The van der Waals surface area contributed by atoms with Crippen molar-refractivity contribution in [1.29, 1.82) is 0 Å². The molecule has 1 aromatic rings. The molecule has 1 aliphatic rings. The lowest BCUT2D eigenvalue weighted by atomic mass is 9.95. The molecule has 0 aliphatic carbocycles. The molecule has 1 heterocycles. The van der Waals surface area contributed by atoms with E-state index in [9.17, 15) is 22.8 Å². The van der Waals surface area contributed by atoms with Gasteiger partial charge in [0.1, 0.15) is 0 Å². The van der Waals surface area contributed by atoms with Crippen LogP contribution in [0.5, 0.6) is 0 Å².